The van der Waals surface area contributed by atoms with Gasteiger partial charge < -0.3 is 10.7 Å². The molecule has 0 fully saturated rings. The van der Waals surface area contributed by atoms with Gasteiger partial charge in [-0.25, -0.2) is 4.98 Å². The van der Waals surface area contributed by atoms with E-state index in [0.29, 0.717) is 11.7 Å². The van der Waals surface area contributed by atoms with Gasteiger partial charge in [0.25, 0.3) is 0 Å². The zero-order valence-electron chi connectivity index (χ0n) is 10.2. The van der Waals surface area contributed by atoms with Crippen LogP contribution in [0.3, 0.4) is 0 Å². The number of nitrogens with two attached hydrogens (primary N) is 1. The molecule has 1 aromatic heterocycles. The van der Waals surface area contributed by atoms with Gasteiger partial charge in [0.1, 0.15) is 0 Å². The minimum atomic E-state index is 0.319. The lowest BCUT2D eigenvalue weighted by Crippen LogP contribution is -2.17. The third kappa shape index (κ3) is 2.40. The molecule has 0 saturated heterocycles. The Kier molecular flexibility index (Phi) is 2.86. The van der Waals surface area contributed by atoms with E-state index in [1.165, 1.54) is 0 Å². The first-order valence-corrected chi connectivity index (χ1v) is 5.92. The number of anilines is 1. The second kappa shape index (κ2) is 4.81. The maximum Gasteiger partial charge on any atom is 0.186 e. The van der Waals surface area contributed by atoms with Crippen LogP contribution >= 0.6 is 0 Å². The molecule has 0 spiro atoms. The summed E-state index contributed by atoms with van der Waals surface area (Å²) in [7, 11) is 0. The van der Waals surface area contributed by atoms with Crippen LogP contribution in [0.4, 0.5) is 5.69 Å². The van der Waals surface area contributed by atoms with Crippen LogP contribution in [-0.4, -0.2) is 15.8 Å². The number of benzene rings is 2. The van der Waals surface area contributed by atoms with Crippen molar-refractivity contribution >= 4 is 22.6 Å². The maximum absolute atomic E-state index is 5.90. The van der Waals surface area contributed by atoms with Gasteiger partial charge in [-0.3, -0.25) is 5.43 Å². The van der Waals surface area contributed by atoms with Crippen LogP contribution in [0.15, 0.2) is 59.7 Å². The molecular weight excluding hydrogens is 238 g/mol. The molecule has 0 aliphatic heterocycles. The van der Waals surface area contributed by atoms with Gasteiger partial charge in [-0.05, 0) is 24.3 Å². The van der Waals surface area contributed by atoms with Crippen LogP contribution in [0.25, 0.3) is 11.0 Å². The lowest BCUT2D eigenvalue weighted by Gasteiger charge is -2.00. The predicted molar refractivity (Wildman–Crippen MR) is 76.9 cm³/mol. The van der Waals surface area contributed by atoms with Crippen molar-refractivity contribution in [1.29, 1.82) is 0 Å². The molecule has 0 unspecified atom stereocenters. The molecule has 0 bridgehead atoms. The zero-order chi connectivity index (χ0) is 13.1. The predicted octanol–water partition coefficient (Wildman–Crippen LogP) is 2.30. The molecule has 4 N–H and O–H groups in total. The minimum absolute atomic E-state index is 0.319. The van der Waals surface area contributed by atoms with Crippen molar-refractivity contribution in [2.24, 2.45) is 10.8 Å². The van der Waals surface area contributed by atoms with Crippen LogP contribution < -0.4 is 11.2 Å². The number of aromatic nitrogens is 2. The summed E-state index contributed by atoms with van der Waals surface area (Å²) in [5.74, 6) is 0.879. The molecule has 0 aliphatic rings. The quantitative estimate of drug-likeness (QED) is 0.379. The molecule has 1 heterocycles. The van der Waals surface area contributed by atoms with Crippen molar-refractivity contribution in [2.75, 3.05) is 5.43 Å². The Balaban J connectivity index is 1.85. The molecule has 5 nitrogen and oxygen atoms in total. The fourth-order valence-electron chi connectivity index (χ4n) is 1.76. The largest absolute Gasteiger partial charge is 0.379 e. The Hall–Kier alpha value is -2.82. The number of imidazole rings is 1. The Morgan fingerprint density at radius 1 is 1.05 bits per heavy atom. The highest BCUT2D eigenvalue weighted by Gasteiger charge is 2.05. The zero-order valence-corrected chi connectivity index (χ0v) is 10.2. The lowest BCUT2D eigenvalue weighted by atomic mass is 10.3. The Bertz CT molecular complexity index is 682. The van der Waals surface area contributed by atoms with Gasteiger partial charge in [-0.1, -0.05) is 30.3 Å². The maximum atomic E-state index is 5.90. The average Bonchev–Trinajstić information content (AvgIpc) is 2.90. The van der Waals surface area contributed by atoms with Crippen molar-refractivity contribution in [3.8, 4) is 0 Å². The molecule has 0 saturated carbocycles. The number of rotatable bonds is 3. The topological polar surface area (TPSA) is 79.1 Å². The van der Waals surface area contributed by atoms with Crippen molar-refractivity contribution in [1.82, 2.24) is 9.97 Å². The highest BCUT2D eigenvalue weighted by atomic mass is 15.3. The normalized spacial score (nSPS) is 11.7. The van der Waals surface area contributed by atoms with E-state index in [-0.39, 0.29) is 0 Å². The standard InChI is InChI=1S/C14H13N5/c15-13(19-18-10-6-2-1-3-7-10)14-16-11-8-4-5-9-12(11)17-14/h1-9,18H,(H2,15,19)(H,16,17). The lowest BCUT2D eigenvalue weighted by molar-refractivity contribution is 1.22. The number of hydrogen-bond donors (Lipinski definition) is 3. The van der Waals surface area contributed by atoms with E-state index in [9.17, 15) is 0 Å². The Labute approximate surface area is 110 Å². The summed E-state index contributed by atoms with van der Waals surface area (Å²) in [5.41, 5.74) is 11.5. The summed E-state index contributed by atoms with van der Waals surface area (Å²) < 4.78 is 0. The van der Waals surface area contributed by atoms with Crippen LogP contribution in [0.1, 0.15) is 5.82 Å². The van der Waals surface area contributed by atoms with Gasteiger partial charge in [-0.15, -0.1) is 0 Å². The number of nitrogens with one attached hydrogen (secondary N) is 2. The first-order valence-electron chi connectivity index (χ1n) is 5.92. The van der Waals surface area contributed by atoms with E-state index in [1.807, 2.05) is 54.6 Å². The molecule has 3 aromatic rings. The molecule has 3 rings (SSSR count). The van der Waals surface area contributed by atoms with Crippen LogP contribution in [0, 0.1) is 0 Å². The van der Waals surface area contributed by atoms with E-state index >= 15 is 0 Å². The van der Waals surface area contributed by atoms with Crippen molar-refractivity contribution in [3.05, 3.63) is 60.4 Å². The fraction of sp³-hybridized carbons (Fsp3) is 0. The second-order valence-electron chi connectivity index (χ2n) is 4.08. The molecule has 5 heteroatoms. The first-order chi connectivity index (χ1) is 9.33. The number of aromatic amines is 1. The number of H-pyrrole nitrogens is 1. The smallest absolute Gasteiger partial charge is 0.186 e. The molecule has 0 atom stereocenters. The summed E-state index contributed by atoms with van der Waals surface area (Å²) in [4.78, 5) is 7.50. The number of amidine groups is 1. The van der Waals surface area contributed by atoms with Gasteiger partial charge in [0, 0.05) is 0 Å². The van der Waals surface area contributed by atoms with Crippen LogP contribution in [0.5, 0.6) is 0 Å². The number of hydrazone groups is 1. The summed E-state index contributed by atoms with van der Waals surface area (Å²) >= 11 is 0. The number of hydrogen-bond acceptors (Lipinski definition) is 3. The first kappa shape index (κ1) is 11.3. The molecule has 0 aliphatic carbocycles. The Morgan fingerprint density at radius 2 is 1.79 bits per heavy atom. The Morgan fingerprint density at radius 3 is 2.58 bits per heavy atom. The highest BCUT2D eigenvalue weighted by Crippen LogP contribution is 2.10. The van der Waals surface area contributed by atoms with Crippen molar-refractivity contribution < 1.29 is 0 Å². The fourth-order valence-corrected chi connectivity index (χ4v) is 1.76. The van der Waals surface area contributed by atoms with Crippen LogP contribution in [0.2, 0.25) is 0 Å². The molecule has 94 valence electrons. The minimum Gasteiger partial charge on any atom is -0.379 e. The van der Waals surface area contributed by atoms with Gasteiger partial charge in [0.15, 0.2) is 11.7 Å². The summed E-state index contributed by atoms with van der Waals surface area (Å²) in [5, 5.41) is 4.11. The SMILES string of the molecule is N/C(=N\Nc1ccccc1)c1nc2ccccc2[nH]1. The second-order valence-corrected chi connectivity index (χ2v) is 4.08. The van der Waals surface area contributed by atoms with E-state index < -0.39 is 0 Å². The molecule has 0 radical (unpaired) electrons. The molecule has 0 amide bonds. The van der Waals surface area contributed by atoms with E-state index in [0.717, 1.165) is 16.7 Å². The summed E-state index contributed by atoms with van der Waals surface area (Å²) in [6, 6.07) is 17.4. The van der Waals surface area contributed by atoms with E-state index in [2.05, 4.69) is 20.5 Å². The molecular formula is C14H13N5. The van der Waals surface area contributed by atoms with Crippen molar-refractivity contribution in [2.45, 2.75) is 0 Å². The number of fused-ring (bicyclic) bond motifs is 1. The van der Waals surface area contributed by atoms with Gasteiger partial charge in [-0.2, -0.15) is 5.10 Å². The highest BCUT2D eigenvalue weighted by molar-refractivity contribution is 5.97. The molecule has 19 heavy (non-hydrogen) atoms. The number of para-hydroxylation sites is 3. The number of nitrogens with zero attached hydrogens (tertiary/aromatic N) is 2. The van der Waals surface area contributed by atoms with Gasteiger partial charge in [0.2, 0.25) is 0 Å². The average molecular weight is 251 g/mol. The van der Waals surface area contributed by atoms with E-state index in [4.69, 9.17) is 5.73 Å². The monoisotopic (exact) mass is 251 g/mol. The molecule has 2 aromatic carbocycles. The van der Waals surface area contributed by atoms with Gasteiger partial charge in [0.05, 0.1) is 16.7 Å². The third-order valence-corrected chi connectivity index (χ3v) is 2.71. The van der Waals surface area contributed by atoms with Crippen LogP contribution in [-0.2, 0) is 0 Å². The third-order valence-electron chi connectivity index (χ3n) is 2.71. The summed E-state index contributed by atoms with van der Waals surface area (Å²) in [6.45, 7) is 0. The van der Waals surface area contributed by atoms with Gasteiger partial charge >= 0.3 is 0 Å². The van der Waals surface area contributed by atoms with Crippen molar-refractivity contribution in [3.63, 3.8) is 0 Å². The van der Waals surface area contributed by atoms with E-state index in [1.54, 1.807) is 0 Å². The summed E-state index contributed by atoms with van der Waals surface area (Å²) in [6.07, 6.45) is 0.